The van der Waals surface area contributed by atoms with E-state index in [0.29, 0.717) is 4.96 Å². The minimum atomic E-state index is -0.817. The average molecular weight is 268 g/mol. The van der Waals surface area contributed by atoms with Gasteiger partial charge in [0, 0.05) is 13.1 Å². The van der Waals surface area contributed by atoms with E-state index >= 15 is 0 Å². The summed E-state index contributed by atoms with van der Waals surface area (Å²) in [7, 11) is 0. The van der Waals surface area contributed by atoms with E-state index in [1.54, 1.807) is 0 Å². The highest BCUT2D eigenvalue weighted by atomic mass is 32.1. The highest BCUT2D eigenvalue weighted by Crippen LogP contribution is 2.24. The number of hydrogen-bond acceptors (Lipinski definition) is 5. The third-order valence-corrected chi connectivity index (χ3v) is 4.11. The lowest BCUT2D eigenvalue weighted by Gasteiger charge is -2.25. The zero-order valence-corrected chi connectivity index (χ0v) is 10.8. The number of piperidine rings is 1. The first-order valence-corrected chi connectivity index (χ1v) is 6.79. The van der Waals surface area contributed by atoms with Gasteiger partial charge in [-0.2, -0.15) is 8.91 Å². The summed E-state index contributed by atoms with van der Waals surface area (Å²) in [4.78, 5) is 18.4. The van der Waals surface area contributed by atoms with Crippen LogP contribution in [0.15, 0.2) is 4.79 Å². The Bertz CT molecular complexity index is 644. The van der Waals surface area contributed by atoms with Crippen LogP contribution in [0.1, 0.15) is 25.0 Å². The quantitative estimate of drug-likeness (QED) is 0.788. The number of anilines is 1. The fraction of sp³-hybridized carbons (Fsp3) is 0.545. The molecule has 1 fully saturated rings. The van der Waals surface area contributed by atoms with E-state index in [0.717, 1.165) is 35.6 Å². The molecule has 0 radical (unpaired) electrons. The van der Waals surface area contributed by atoms with Crippen LogP contribution in [0.2, 0.25) is 0 Å². The van der Waals surface area contributed by atoms with Gasteiger partial charge >= 0.3 is 5.56 Å². The minimum absolute atomic E-state index is 0.133. The molecule has 0 saturated carbocycles. The molecule has 0 spiro atoms. The number of fused-ring (bicyclic) bond motifs is 1. The van der Waals surface area contributed by atoms with Gasteiger partial charge in [0.2, 0.25) is 15.9 Å². The maximum atomic E-state index is 13.5. The monoisotopic (exact) mass is 268 g/mol. The minimum Gasteiger partial charge on any atom is -0.347 e. The molecule has 0 aliphatic carbocycles. The smallest absolute Gasteiger partial charge is 0.311 e. The summed E-state index contributed by atoms with van der Waals surface area (Å²) in [6, 6.07) is 0. The second-order valence-corrected chi connectivity index (χ2v) is 5.38. The molecule has 0 aromatic carbocycles. The van der Waals surface area contributed by atoms with E-state index in [2.05, 4.69) is 15.0 Å². The van der Waals surface area contributed by atoms with Crippen LogP contribution in [-0.4, -0.2) is 27.7 Å². The Labute approximate surface area is 107 Å². The molecule has 3 heterocycles. The van der Waals surface area contributed by atoms with E-state index in [4.69, 9.17) is 0 Å². The molecule has 0 unspecified atom stereocenters. The van der Waals surface area contributed by atoms with E-state index in [1.165, 1.54) is 24.7 Å². The Hall–Kier alpha value is -1.50. The van der Waals surface area contributed by atoms with Crippen LogP contribution in [0.3, 0.4) is 0 Å². The number of halogens is 1. The molecule has 1 aliphatic rings. The highest BCUT2D eigenvalue weighted by molar-refractivity contribution is 7.20. The van der Waals surface area contributed by atoms with E-state index < -0.39 is 11.4 Å². The van der Waals surface area contributed by atoms with Crippen LogP contribution in [0.4, 0.5) is 9.52 Å². The number of nitrogens with zero attached hydrogens (tertiary/aromatic N) is 4. The van der Waals surface area contributed by atoms with Crippen molar-refractivity contribution in [1.82, 2.24) is 14.6 Å². The number of hydrogen-bond donors (Lipinski definition) is 0. The van der Waals surface area contributed by atoms with Gasteiger partial charge < -0.3 is 4.90 Å². The van der Waals surface area contributed by atoms with Crippen LogP contribution in [0.5, 0.6) is 0 Å². The van der Waals surface area contributed by atoms with Crippen molar-refractivity contribution in [3.63, 3.8) is 0 Å². The molecule has 0 N–H and O–H groups in total. The first-order valence-electron chi connectivity index (χ1n) is 5.98. The zero-order chi connectivity index (χ0) is 12.7. The number of aromatic nitrogens is 3. The highest BCUT2D eigenvalue weighted by Gasteiger charge is 2.18. The molecule has 5 nitrogen and oxygen atoms in total. The van der Waals surface area contributed by atoms with Crippen LogP contribution in [0, 0.1) is 12.7 Å². The van der Waals surface area contributed by atoms with Gasteiger partial charge in [-0.3, -0.25) is 4.79 Å². The van der Waals surface area contributed by atoms with Gasteiger partial charge in [-0.1, -0.05) is 11.3 Å². The van der Waals surface area contributed by atoms with Crippen LogP contribution in [-0.2, 0) is 0 Å². The molecule has 3 rings (SSSR count). The standard InChI is InChI=1S/C11H13FN4OS/c1-7-8(12)9(17)16-10(13-7)18-11(14-16)15-5-3-2-4-6-15/h2-6H2,1H3. The zero-order valence-electron chi connectivity index (χ0n) is 10.0. The average Bonchev–Trinajstić information content (AvgIpc) is 2.81. The van der Waals surface area contributed by atoms with Crippen molar-refractivity contribution in [2.24, 2.45) is 0 Å². The van der Waals surface area contributed by atoms with Crippen molar-refractivity contribution in [3.8, 4) is 0 Å². The van der Waals surface area contributed by atoms with Crippen LogP contribution >= 0.6 is 11.3 Å². The maximum absolute atomic E-state index is 13.5. The largest absolute Gasteiger partial charge is 0.347 e. The molecular weight excluding hydrogens is 255 g/mol. The lowest BCUT2D eigenvalue weighted by Crippen LogP contribution is -2.29. The van der Waals surface area contributed by atoms with Crippen LogP contribution < -0.4 is 10.5 Å². The molecule has 2 aromatic rings. The van der Waals surface area contributed by atoms with E-state index in [1.807, 2.05) is 0 Å². The van der Waals surface area contributed by atoms with Crippen molar-refractivity contribution >= 4 is 21.4 Å². The lowest BCUT2D eigenvalue weighted by atomic mass is 10.1. The normalized spacial score (nSPS) is 16.4. The summed E-state index contributed by atoms with van der Waals surface area (Å²) >= 11 is 1.34. The maximum Gasteiger partial charge on any atom is 0.311 e. The Balaban J connectivity index is 2.10. The van der Waals surface area contributed by atoms with E-state index in [-0.39, 0.29) is 5.69 Å². The molecule has 18 heavy (non-hydrogen) atoms. The van der Waals surface area contributed by atoms with Gasteiger partial charge in [0.15, 0.2) is 0 Å². The fourth-order valence-electron chi connectivity index (χ4n) is 2.13. The first-order chi connectivity index (χ1) is 8.66. The molecule has 7 heteroatoms. The predicted molar refractivity (Wildman–Crippen MR) is 67.9 cm³/mol. The van der Waals surface area contributed by atoms with Crippen molar-refractivity contribution in [1.29, 1.82) is 0 Å². The van der Waals surface area contributed by atoms with Crippen molar-refractivity contribution in [3.05, 3.63) is 21.9 Å². The molecule has 0 bridgehead atoms. The topological polar surface area (TPSA) is 50.5 Å². The summed E-state index contributed by atoms with van der Waals surface area (Å²) in [6.45, 7) is 3.38. The molecular formula is C11H13FN4OS. The predicted octanol–water partition coefficient (Wildman–Crippen LogP) is 1.59. The number of rotatable bonds is 1. The van der Waals surface area contributed by atoms with Gasteiger partial charge in [0.05, 0.1) is 5.69 Å². The Kier molecular flexibility index (Phi) is 2.77. The number of aryl methyl sites for hydroxylation is 1. The van der Waals surface area contributed by atoms with Crippen molar-refractivity contribution in [2.45, 2.75) is 26.2 Å². The van der Waals surface area contributed by atoms with Gasteiger partial charge in [-0.15, -0.1) is 5.10 Å². The lowest BCUT2D eigenvalue weighted by molar-refractivity contribution is 0.567. The Morgan fingerprint density at radius 3 is 2.72 bits per heavy atom. The van der Waals surface area contributed by atoms with E-state index in [9.17, 15) is 9.18 Å². The summed E-state index contributed by atoms with van der Waals surface area (Å²) in [6.07, 6.45) is 3.49. The fourth-order valence-corrected chi connectivity index (χ4v) is 3.12. The molecule has 1 saturated heterocycles. The molecule has 96 valence electrons. The van der Waals surface area contributed by atoms with Gasteiger partial charge in [0.25, 0.3) is 0 Å². The van der Waals surface area contributed by atoms with Crippen molar-refractivity contribution < 1.29 is 4.39 Å². The Morgan fingerprint density at radius 1 is 1.28 bits per heavy atom. The molecule has 1 aliphatic heterocycles. The van der Waals surface area contributed by atoms with Crippen molar-refractivity contribution in [2.75, 3.05) is 18.0 Å². The van der Waals surface area contributed by atoms with Gasteiger partial charge in [0.1, 0.15) is 0 Å². The summed E-state index contributed by atoms with van der Waals surface area (Å²) in [5.74, 6) is -0.817. The second kappa shape index (κ2) is 4.31. The summed E-state index contributed by atoms with van der Waals surface area (Å²) in [5, 5.41) is 4.94. The van der Waals surface area contributed by atoms with Crippen LogP contribution in [0.25, 0.3) is 4.96 Å². The first kappa shape index (κ1) is 11.6. The van der Waals surface area contributed by atoms with Gasteiger partial charge in [-0.05, 0) is 26.2 Å². The molecule has 0 amide bonds. The summed E-state index contributed by atoms with van der Waals surface area (Å²) in [5.41, 5.74) is -0.578. The summed E-state index contributed by atoms with van der Waals surface area (Å²) < 4.78 is 14.5. The third kappa shape index (κ3) is 1.78. The second-order valence-electron chi connectivity index (χ2n) is 4.44. The molecule has 2 aromatic heterocycles. The van der Waals surface area contributed by atoms with Gasteiger partial charge in [-0.25, -0.2) is 4.98 Å². The third-order valence-electron chi connectivity index (χ3n) is 3.14. The SMILES string of the molecule is Cc1nc2sc(N3CCCCC3)nn2c(=O)c1F. The Morgan fingerprint density at radius 2 is 2.00 bits per heavy atom. The molecule has 0 atom stereocenters.